The van der Waals surface area contributed by atoms with E-state index >= 15 is 0 Å². The van der Waals surface area contributed by atoms with E-state index in [0.717, 1.165) is 5.56 Å². The van der Waals surface area contributed by atoms with Crippen molar-refractivity contribution in [3.8, 4) is 11.5 Å². The van der Waals surface area contributed by atoms with Crippen LogP contribution in [0.15, 0.2) is 42.5 Å². The molecule has 0 radical (unpaired) electrons. The number of ether oxygens (including phenoxy) is 2. The number of amides is 2. The predicted octanol–water partition coefficient (Wildman–Crippen LogP) is 2.36. The second kappa shape index (κ2) is 8.21. The number of hydrogen-bond acceptors (Lipinski definition) is 4. The fourth-order valence-electron chi connectivity index (χ4n) is 2.02. The normalized spacial score (nSPS) is 9.96. The second-order valence-electron chi connectivity index (χ2n) is 4.88. The molecule has 0 fully saturated rings. The van der Waals surface area contributed by atoms with Crippen LogP contribution in [0.2, 0.25) is 5.02 Å². The lowest BCUT2D eigenvalue weighted by Gasteiger charge is -2.10. The molecule has 126 valence electrons. The molecule has 0 aliphatic rings. The highest BCUT2D eigenvalue weighted by molar-refractivity contribution is 6.30. The van der Waals surface area contributed by atoms with E-state index in [-0.39, 0.29) is 12.3 Å². The number of nitrogens with one attached hydrogen (secondary N) is 2. The number of hydrazine groups is 1. The number of hydrogen-bond donors (Lipinski definition) is 2. The highest BCUT2D eigenvalue weighted by atomic mass is 35.5. The molecule has 6 nitrogen and oxygen atoms in total. The second-order valence-corrected chi connectivity index (χ2v) is 5.31. The Balaban J connectivity index is 1.91. The van der Waals surface area contributed by atoms with Crippen LogP contribution in [0.5, 0.6) is 11.5 Å². The van der Waals surface area contributed by atoms with E-state index in [0.29, 0.717) is 22.1 Å². The van der Waals surface area contributed by atoms with Crippen molar-refractivity contribution >= 4 is 23.4 Å². The number of rotatable bonds is 5. The number of carbonyl (C=O) groups excluding carboxylic acids is 2. The molecular weight excluding hydrogens is 332 g/mol. The standard InChI is InChI=1S/C17H17ClN2O4/c1-23-14-8-3-11(9-15(14)24-2)10-16(21)19-20-17(22)12-4-6-13(18)7-5-12/h3-9H,10H2,1-2H3,(H,19,21)(H,20,22). The van der Waals surface area contributed by atoms with Crippen molar-refractivity contribution in [2.24, 2.45) is 0 Å². The first-order valence-corrected chi connectivity index (χ1v) is 7.47. The molecule has 2 N–H and O–H groups in total. The van der Waals surface area contributed by atoms with Crippen LogP contribution in [-0.2, 0) is 11.2 Å². The lowest BCUT2D eigenvalue weighted by atomic mass is 10.1. The zero-order chi connectivity index (χ0) is 17.5. The van der Waals surface area contributed by atoms with Gasteiger partial charge < -0.3 is 9.47 Å². The molecule has 0 unspecified atom stereocenters. The first-order chi connectivity index (χ1) is 11.5. The minimum atomic E-state index is -0.424. The summed E-state index contributed by atoms with van der Waals surface area (Å²) in [5, 5.41) is 0.532. The number of methoxy groups -OCH3 is 2. The Bertz CT molecular complexity index is 732. The van der Waals surface area contributed by atoms with Gasteiger partial charge in [0.25, 0.3) is 5.91 Å². The summed E-state index contributed by atoms with van der Waals surface area (Å²) in [6, 6.07) is 11.5. The topological polar surface area (TPSA) is 76.7 Å². The molecule has 2 aromatic carbocycles. The molecule has 0 aliphatic carbocycles. The summed E-state index contributed by atoms with van der Waals surface area (Å²) in [6.07, 6.45) is 0.0846. The van der Waals surface area contributed by atoms with Crippen LogP contribution >= 0.6 is 11.6 Å². The summed E-state index contributed by atoms with van der Waals surface area (Å²) < 4.78 is 10.3. The van der Waals surface area contributed by atoms with Gasteiger partial charge in [-0.05, 0) is 42.0 Å². The van der Waals surface area contributed by atoms with Crippen LogP contribution in [-0.4, -0.2) is 26.0 Å². The van der Waals surface area contributed by atoms with Crippen molar-refractivity contribution in [2.45, 2.75) is 6.42 Å². The smallest absolute Gasteiger partial charge is 0.269 e. The molecular formula is C17H17ClN2O4. The monoisotopic (exact) mass is 348 g/mol. The van der Waals surface area contributed by atoms with Crippen LogP contribution in [0, 0.1) is 0 Å². The minimum Gasteiger partial charge on any atom is -0.493 e. The zero-order valence-corrected chi connectivity index (χ0v) is 14.0. The maximum absolute atomic E-state index is 11.9. The van der Waals surface area contributed by atoms with Crippen molar-refractivity contribution < 1.29 is 19.1 Å². The molecule has 2 amide bonds. The number of carbonyl (C=O) groups is 2. The summed E-state index contributed by atoms with van der Waals surface area (Å²) in [7, 11) is 3.06. The Morgan fingerprint density at radius 1 is 0.958 bits per heavy atom. The molecule has 7 heteroatoms. The van der Waals surface area contributed by atoms with Crippen LogP contribution in [0.1, 0.15) is 15.9 Å². The molecule has 2 aromatic rings. The average molecular weight is 349 g/mol. The summed E-state index contributed by atoms with van der Waals surface area (Å²) >= 11 is 5.76. The van der Waals surface area contributed by atoms with E-state index in [9.17, 15) is 9.59 Å². The Labute approximate surface area is 144 Å². The van der Waals surface area contributed by atoms with Gasteiger partial charge in [0.1, 0.15) is 0 Å². The van der Waals surface area contributed by atoms with Gasteiger partial charge in [-0.3, -0.25) is 20.4 Å². The maximum Gasteiger partial charge on any atom is 0.269 e. The molecule has 0 bridgehead atoms. The van der Waals surface area contributed by atoms with Gasteiger partial charge >= 0.3 is 0 Å². The van der Waals surface area contributed by atoms with Crippen molar-refractivity contribution in [3.63, 3.8) is 0 Å². The first kappa shape index (κ1) is 17.6. The highest BCUT2D eigenvalue weighted by Crippen LogP contribution is 2.27. The summed E-state index contributed by atoms with van der Waals surface area (Å²) in [4.78, 5) is 23.8. The first-order valence-electron chi connectivity index (χ1n) is 7.09. The average Bonchev–Trinajstić information content (AvgIpc) is 2.60. The van der Waals surface area contributed by atoms with Gasteiger partial charge in [-0.15, -0.1) is 0 Å². The third kappa shape index (κ3) is 4.63. The van der Waals surface area contributed by atoms with Gasteiger partial charge in [0.15, 0.2) is 11.5 Å². The van der Waals surface area contributed by atoms with Gasteiger partial charge in [-0.2, -0.15) is 0 Å². The largest absolute Gasteiger partial charge is 0.493 e. The Hall–Kier alpha value is -2.73. The minimum absolute atomic E-state index is 0.0846. The van der Waals surface area contributed by atoms with Crippen molar-refractivity contribution in [1.82, 2.24) is 10.9 Å². The van der Waals surface area contributed by atoms with E-state index in [1.54, 1.807) is 42.5 Å². The van der Waals surface area contributed by atoms with Crippen molar-refractivity contribution in [2.75, 3.05) is 14.2 Å². The van der Waals surface area contributed by atoms with Crippen LogP contribution in [0.3, 0.4) is 0 Å². The van der Waals surface area contributed by atoms with Crippen LogP contribution in [0.4, 0.5) is 0 Å². The fraction of sp³-hybridized carbons (Fsp3) is 0.176. The molecule has 0 saturated heterocycles. The van der Waals surface area contributed by atoms with Gasteiger partial charge in [0, 0.05) is 10.6 Å². The lowest BCUT2D eigenvalue weighted by Crippen LogP contribution is -2.42. The summed E-state index contributed by atoms with van der Waals surface area (Å²) in [5.74, 6) is 0.336. The summed E-state index contributed by atoms with van der Waals surface area (Å²) in [5.41, 5.74) is 5.84. The third-order valence-electron chi connectivity index (χ3n) is 3.23. The summed E-state index contributed by atoms with van der Waals surface area (Å²) in [6.45, 7) is 0. The lowest BCUT2D eigenvalue weighted by molar-refractivity contribution is -0.121. The van der Waals surface area contributed by atoms with E-state index in [1.807, 2.05) is 0 Å². The Morgan fingerprint density at radius 2 is 1.62 bits per heavy atom. The molecule has 0 aliphatic heterocycles. The van der Waals surface area contributed by atoms with E-state index < -0.39 is 5.91 Å². The maximum atomic E-state index is 11.9. The fourth-order valence-corrected chi connectivity index (χ4v) is 2.15. The predicted molar refractivity (Wildman–Crippen MR) is 90.3 cm³/mol. The highest BCUT2D eigenvalue weighted by Gasteiger charge is 2.10. The number of benzene rings is 2. The quantitative estimate of drug-likeness (QED) is 0.813. The van der Waals surface area contributed by atoms with Crippen LogP contribution < -0.4 is 20.3 Å². The number of halogens is 1. The molecule has 0 heterocycles. The van der Waals surface area contributed by atoms with Crippen molar-refractivity contribution in [1.29, 1.82) is 0 Å². The van der Waals surface area contributed by atoms with Crippen LogP contribution in [0.25, 0.3) is 0 Å². The van der Waals surface area contributed by atoms with E-state index in [1.165, 1.54) is 14.2 Å². The van der Waals surface area contributed by atoms with Gasteiger partial charge in [-0.1, -0.05) is 17.7 Å². The zero-order valence-electron chi connectivity index (χ0n) is 13.3. The van der Waals surface area contributed by atoms with E-state index in [2.05, 4.69) is 10.9 Å². The molecule has 0 aromatic heterocycles. The SMILES string of the molecule is COc1ccc(CC(=O)NNC(=O)c2ccc(Cl)cc2)cc1OC. The molecule has 0 atom stereocenters. The molecule has 0 saturated carbocycles. The van der Waals surface area contributed by atoms with Gasteiger partial charge in [-0.25, -0.2) is 0 Å². The molecule has 0 spiro atoms. The molecule has 24 heavy (non-hydrogen) atoms. The Morgan fingerprint density at radius 3 is 2.25 bits per heavy atom. The molecule has 2 rings (SSSR count). The van der Waals surface area contributed by atoms with Gasteiger partial charge in [0.2, 0.25) is 5.91 Å². The third-order valence-corrected chi connectivity index (χ3v) is 3.49. The van der Waals surface area contributed by atoms with Gasteiger partial charge in [0.05, 0.1) is 20.6 Å². The van der Waals surface area contributed by atoms with E-state index in [4.69, 9.17) is 21.1 Å². The van der Waals surface area contributed by atoms with Crippen molar-refractivity contribution in [3.05, 3.63) is 58.6 Å². The Kier molecular flexibility index (Phi) is 6.03.